The number of amides is 1. The number of aromatic amines is 1. The highest BCUT2D eigenvalue weighted by Crippen LogP contribution is 2.34. The molecule has 4 rings (SSSR count). The van der Waals surface area contributed by atoms with E-state index in [1.54, 1.807) is 12.1 Å². The van der Waals surface area contributed by atoms with Crippen molar-refractivity contribution in [3.05, 3.63) is 90.7 Å². The van der Waals surface area contributed by atoms with Crippen molar-refractivity contribution >= 4 is 23.4 Å². The molecule has 4 nitrogen and oxygen atoms in total. The fourth-order valence-electron chi connectivity index (χ4n) is 3.24. The molecule has 2 N–H and O–H groups in total. The summed E-state index contributed by atoms with van der Waals surface area (Å²) in [7, 11) is 0. The van der Waals surface area contributed by atoms with E-state index < -0.39 is 0 Å². The summed E-state index contributed by atoms with van der Waals surface area (Å²) in [5, 5.41) is 3.19. The summed E-state index contributed by atoms with van der Waals surface area (Å²) in [5.41, 5.74) is 4.38. The van der Waals surface area contributed by atoms with Gasteiger partial charge in [0.2, 0.25) is 5.91 Å². The number of hydrogen-bond donors (Lipinski definition) is 2. The number of anilines is 1. The van der Waals surface area contributed by atoms with Crippen LogP contribution in [0.25, 0.3) is 22.5 Å². The SMILES string of the molecule is CCC(Sc1nc(-c2ccccc2)c(-c2ccccc2)[nH]1)C(=O)Nc1ccc(F)cc1. The lowest BCUT2D eigenvalue weighted by atomic mass is 10.1. The van der Waals surface area contributed by atoms with Crippen molar-refractivity contribution in [3.8, 4) is 22.5 Å². The van der Waals surface area contributed by atoms with Crippen LogP contribution >= 0.6 is 11.8 Å². The molecule has 0 bridgehead atoms. The Morgan fingerprint density at radius 1 is 0.968 bits per heavy atom. The molecular formula is C25H22FN3OS. The fourth-order valence-corrected chi connectivity index (χ4v) is 4.15. The number of nitrogens with one attached hydrogen (secondary N) is 2. The molecule has 0 aliphatic carbocycles. The Labute approximate surface area is 184 Å². The Bertz CT molecular complexity index is 1090. The predicted molar refractivity (Wildman–Crippen MR) is 124 cm³/mol. The summed E-state index contributed by atoms with van der Waals surface area (Å²) in [6, 6.07) is 25.8. The number of carbonyl (C=O) groups excluding carboxylic acids is 1. The Morgan fingerprint density at radius 2 is 1.58 bits per heavy atom. The van der Waals surface area contributed by atoms with Crippen molar-refractivity contribution in [2.24, 2.45) is 0 Å². The van der Waals surface area contributed by atoms with Gasteiger partial charge in [-0.3, -0.25) is 4.79 Å². The first kappa shape index (κ1) is 20.9. The highest BCUT2D eigenvalue weighted by molar-refractivity contribution is 8.00. The number of nitrogens with zero attached hydrogens (tertiary/aromatic N) is 1. The molecule has 1 atom stereocenters. The maximum absolute atomic E-state index is 13.1. The van der Waals surface area contributed by atoms with Gasteiger partial charge in [-0.05, 0) is 30.7 Å². The van der Waals surface area contributed by atoms with Crippen molar-refractivity contribution in [3.63, 3.8) is 0 Å². The molecule has 6 heteroatoms. The minimum atomic E-state index is -0.344. The highest BCUT2D eigenvalue weighted by Gasteiger charge is 2.22. The molecule has 0 saturated heterocycles. The average molecular weight is 432 g/mol. The standard InChI is InChI=1S/C25H22FN3OS/c1-2-21(24(30)27-20-15-13-19(26)14-16-20)31-25-28-22(17-9-5-3-6-10-17)23(29-25)18-11-7-4-8-12-18/h3-16,21H,2H2,1H3,(H,27,30)(H,28,29). The number of H-pyrrole nitrogens is 1. The van der Waals surface area contributed by atoms with E-state index in [1.807, 2.05) is 67.6 Å². The summed E-state index contributed by atoms with van der Waals surface area (Å²) in [6.45, 7) is 1.96. The largest absolute Gasteiger partial charge is 0.332 e. The molecule has 31 heavy (non-hydrogen) atoms. The molecule has 0 saturated carbocycles. The molecule has 1 aromatic heterocycles. The Hall–Kier alpha value is -3.38. The van der Waals surface area contributed by atoms with E-state index in [-0.39, 0.29) is 17.0 Å². The van der Waals surface area contributed by atoms with Crippen LogP contribution in [0.2, 0.25) is 0 Å². The summed E-state index contributed by atoms with van der Waals surface area (Å²) in [5.74, 6) is -0.477. The minimum absolute atomic E-state index is 0.141. The second-order valence-electron chi connectivity index (χ2n) is 7.01. The van der Waals surface area contributed by atoms with Crippen molar-refractivity contribution in [2.75, 3.05) is 5.32 Å². The van der Waals surface area contributed by atoms with Gasteiger partial charge in [-0.1, -0.05) is 79.3 Å². The van der Waals surface area contributed by atoms with Crippen LogP contribution in [0.15, 0.2) is 90.1 Å². The number of benzene rings is 3. The van der Waals surface area contributed by atoms with Gasteiger partial charge in [0.25, 0.3) is 0 Å². The van der Waals surface area contributed by atoms with Crippen LogP contribution < -0.4 is 5.32 Å². The summed E-state index contributed by atoms with van der Waals surface area (Å²) >= 11 is 1.39. The van der Waals surface area contributed by atoms with E-state index in [4.69, 9.17) is 4.98 Å². The number of carbonyl (C=O) groups is 1. The molecule has 0 spiro atoms. The monoisotopic (exact) mass is 431 g/mol. The van der Waals surface area contributed by atoms with Crippen molar-refractivity contribution < 1.29 is 9.18 Å². The first-order valence-corrected chi connectivity index (χ1v) is 11.0. The van der Waals surface area contributed by atoms with Crippen molar-refractivity contribution in [1.82, 2.24) is 9.97 Å². The zero-order chi connectivity index (χ0) is 21.6. The number of hydrogen-bond acceptors (Lipinski definition) is 3. The van der Waals surface area contributed by atoms with E-state index in [1.165, 1.54) is 23.9 Å². The van der Waals surface area contributed by atoms with Crippen LogP contribution in [0.5, 0.6) is 0 Å². The van der Waals surface area contributed by atoms with E-state index in [0.717, 1.165) is 22.5 Å². The number of aromatic nitrogens is 2. The van der Waals surface area contributed by atoms with Crippen LogP contribution in [0.4, 0.5) is 10.1 Å². The van der Waals surface area contributed by atoms with Gasteiger partial charge < -0.3 is 10.3 Å². The average Bonchev–Trinajstić information content (AvgIpc) is 3.24. The van der Waals surface area contributed by atoms with Crippen LogP contribution in [0, 0.1) is 5.82 Å². The van der Waals surface area contributed by atoms with Gasteiger partial charge in [0, 0.05) is 16.8 Å². The molecule has 1 unspecified atom stereocenters. The Kier molecular flexibility index (Phi) is 6.48. The maximum atomic E-state index is 13.1. The van der Waals surface area contributed by atoms with E-state index in [0.29, 0.717) is 17.3 Å². The predicted octanol–water partition coefficient (Wildman–Crippen LogP) is 6.39. The first-order chi connectivity index (χ1) is 15.1. The van der Waals surface area contributed by atoms with Crippen LogP contribution in [-0.4, -0.2) is 21.1 Å². The van der Waals surface area contributed by atoms with Gasteiger partial charge in [0.05, 0.1) is 16.6 Å². The molecule has 1 heterocycles. The summed E-state index contributed by atoms with van der Waals surface area (Å²) in [4.78, 5) is 21.0. The van der Waals surface area contributed by atoms with E-state index in [2.05, 4.69) is 10.3 Å². The second kappa shape index (κ2) is 9.62. The van der Waals surface area contributed by atoms with Gasteiger partial charge in [-0.25, -0.2) is 9.37 Å². The maximum Gasteiger partial charge on any atom is 0.237 e. The second-order valence-corrected chi connectivity index (χ2v) is 8.20. The molecular weight excluding hydrogens is 409 g/mol. The zero-order valence-corrected chi connectivity index (χ0v) is 17.8. The van der Waals surface area contributed by atoms with Gasteiger partial charge in [0.15, 0.2) is 5.16 Å². The van der Waals surface area contributed by atoms with Crippen molar-refractivity contribution in [2.45, 2.75) is 23.8 Å². The molecule has 4 aromatic rings. The van der Waals surface area contributed by atoms with Crippen LogP contribution in [0.1, 0.15) is 13.3 Å². The normalized spacial score (nSPS) is 11.8. The number of halogens is 1. The highest BCUT2D eigenvalue weighted by atomic mass is 32.2. The quantitative estimate of drug-likeness (QED) is 0.333. The third kappa shape index (κ3) is 5.03. The van der Waals surface area contributed by atoms with Crippen LogP contribution in [-0.2, 0) is 4.79 Å². The van der Waals surface area contributed by atoms with Gasteiger partial charge >= 0.3 is 0 Å². The summed E-state index contributed by atoms with van der Waals surface area (Å²) < 4.78 is 13.1. The first-order valence-electron chi connectivity index (χ1n) is 10.1. The summed E-state index contributed by atoms with van der Waals surface area (Å²) in [6.07, 6.45) is 0.625. The smallest absolute Gasteiger partial charge is 0.237 e. The molecule has 0 aliphatic rings. The molecule has 156 valence electrons. The molecule has 3 aromatic carbocycles. The van der Waals surface area contributed by atoms with Gasteiger partial charge in [0.1, 0.15) is 5.82 Å². The third-order valence-electron chi connectivity index (χ3n) is 4.82. The van der Waals surface area contributed by atoms with Gasteiger partial charge in [-0.2, -0.15) is 0 Å². The Balaban J connectivity index is 1.60. The number of imidazole rings is 1. The molecule has 0 fully saturated rings. The molecule has 0 radical (unpaired) electrons. The van der Waals surface area contributed by atoms with E-state index in [9.17, 15) is 9.18 Å². The molecule has 1 amide bonds. The fraction of sp³-hybridized carbons (Fsp3) is 0.120. The minimum Gasteiger partial charge on any atom is -0.332 e. The third-order valence-corrected chi connectivity index (χ3v) is 6.07. The van der Waals surface area contributed by atoms with E-state index >= 15 is 0 Å². The lowest BCUT2D eigenvalue weighted by Gasteiger charge is -2.13. The number of thioether (sulfide) groups is 1. The molecule has 0 aliphatic heterocycles. The zero-order valence-electron chi connectivity index (χ0n) is 17.0. The van der Waals surface area contributed by atoms with Crippen molar-refractivity contribution in [1.29, 1.82) is 0 Å². The topological polar surface area (TPSA) is 57.8 Å². The Morgan fingerprint density at radius 3 is 2.19 bits per heavy atom. The lowest BCUT2D eigenvalue weighted by Crippen LogP contribution is -2.24. The van der Waals surface area contributed by atoms with Gasteiger partial charge in [-0.15, -0.1) is 0 Å². The lowest BCUT2D eigenvalue weighted by molar-refractivity contribution is -0.115. The number of rotatable bonds is 7. The van der Waals surface area contributed by atoms with Crippen LogP contribution in [0.3, 0.4) is 0 Å².